The zero-order valence-corrected chi connectivity index (χ0v) is 15.3. The van der Waals surface area contributed by atoms with E-state index >= 15 is 0 Å². The van der Waals surface area contributed by atoms with E-state index in [0.29, 0.717) is 5.69 Å². The van der Waals surface area contributed by atoms with Crippen LogP contribution < -0.4 is 10.6 Å². The lowest BCUT2D eigenvalue weighted by atomic mass is 10.1. The number of fused-ring (bicyclic) bond motifs is 1. The quantitative estimate of drug-likeness (QED) is 0.682. The molecule has 3 aromatic rings. The van der Waals surface area contributed by atoms with E-state index in [9.17, 15) is 18.0 Å². The van der Waals surface area contributed by atoms with Gasteiger partial charge in [0, 0.05) is 18.4 Å². The minimum absolute atomic E-state index is 0. The first-order chi connectivity index (χ1) is 12.9. The minimum atomic E-state index is -4.66. The van der Waals surface area contributed by atoms with Crippen LogP contribution in [0.25, 0.3) is 11.1 Å². The van der Waals surface area contributed by atoms with E-state index in [2.05, 4.69) is 25.1 Å². The van der Waals surface area contributed by atoms with Crippen LogP contribution in [-0.2, 0) is 6.18 Å². The molecule has 150 valence electrons. The Labute approximate surface area is 163 Å². The zero-order valence-electron chi connectivity index (χ0n) is 14.5. The standard InChI is InChI=1S/C17H16F3N5O2.ClH/c18-17(19,20)16-23-13-8-10(3-4-14(13)27-16)22-15(26)12-5-7-25(24-12)11-2-1-6-21-9-11;/h3-5,7-8,11,21H,1-2,6,9H2,(H,22,26);1H. The van der Waals surface area contributed by atoms with Gasteiger partial charge in [-0.25, -0.2) is 4.98 Å². The molecule has 7 nitrogen and oxygen atoms in total. The van der Waals surface area contributed by atoms with Gasteiger partial charge in [0.15, 0.2) is 11.3 Å². The monoisotopic (exact) mass is 415 g/mol. The van der Waals surface area contributed by atoms with Crippen LogP contribution in [0.5, 0.6) is 0 Å². The highest BCUT2D eigenvalue weighted by Gasteiger charge is 2.37. The van der Waals surface area contributed by atoms with Crippen molar-refractivity contribution in [1.29, 1.82) is 0 Å². The summed E-state index contributed by atoms with van der Waals surface area (Å²) in [6, 6.07) is 5.93. The minimum Gasteiger partial charge on any atom is -0.433 e. The number of oxazole rings is 1. The number of hydrogen-bond acceptors (Lipinski definition) is 5. The molecule has 0 saturated carbocycles. The summed E-state index contributed by atoms with van der Waals surface area (Å²) in [6.45, 7) is 1.78. The Hall–Kier alpha value is -2.59. The molecule has 1 unspecified atom stereocenters. The molecular weight excluding hydrogens is 399 g/mol. The van der Waals surface area contributed by atoms with Crippen LogP contribution in [0.2, 0.25) is 0 Å². The predicted molar refractivity (Wildman–Crippen MR) is 97.6 cm³/mol. The van der Waals surface area contributed by atoms with Crippen molar-refractivity contribution in [2.75, 3.05) is 18.4 Å². The number of hydrogen-bond donors (Lipinski definition) is 2. The van der Waals surface area contributed by atoms with Crippen LogP contribution in [0, 0.1) is 0 Å². The Balaban J connectivity index is 0.00000225. The summed E-state index contributed by atoms with van der Waals surface area (Å²) in [5.74, 6) is -1.77. The van der Waals surface area contributed by atoms with Crippen molar-refractivity contribution in [3.8, 4) is 0 Å². The van der Waals surface area contributed by atoms with Crippen molar-refractivity contribution in [2.24, 2.45) is 0 Å². The number of carbonyl (C=O) groups is 1. The second kappa shape index (κ2) is 7.80. The SMILES string of the molecule is Cl.O=C(Nc1ccc2oc(C(F)(F)F)nc2c1)c1ccn(C2CCCNC2)n1. The first kappa shape index (κ1) is 20.2. The van der Waals surface area contributed by atoms with Gasteiger partial charge in [0.1, 0.15) is 5.52 Å². The van der Waals surface area contributed by atoms with Gasteiger partial charge in [0.25, 0.3) is 5.91 Å². The number of rotatable bonds is 3. The summed E-state index contributed by atoms with van der Waals surface area (Å²) >= 11 is 0. The molecule has 3 heterocycles. The Morgan fingerprint density at radius 1 is 1.32 bits per heavy atom. The van der Waals surface area contributed by atoms with Gasteiger partial charge in [-0.3, -0.25) is 9.48 Å². The fourth-order valence-corrected chi connectivity index (χ4v) is 3.04. The van der Waals surface area contributed by atoms with Gasteiger partial charge < -0.3 is 15.1 Å². The molecular formula is C17H17ClF3N5O2. The summed E-state index contributed by atoms with van der Waals surface area (Å²) in [5, 5.41) is 10.2. The molecule has 0 spiro atoms. The molecule has 1 aromatic carbocycles. The third kappa shape index (κ3) is 4.12. The molecule has 4 rings (SSSR count). The second-order valence-corrected chi connectivity index (χ2v) is 6.33. The molecule has 28 heavy (non-hydrogen) atoms. The van der Waals surface area contributed by atoms with Gasteiger partial charge in [0.2, 0.25) is 0 Å². The summed E-state index contributed by atoms with van der Waals surface area (Å²) in [6.07, 6.45) is -0.879. The van der Waals surface area contributed by atoms with Crippen molar-refractivity contribution in [1.82, 2.24) is 20.1 Å². The first-order valence-corrected chi connectivity index (χ1v) is 8.45. The molecule has 1 saturated heterocycles. The molecule has 1 atom stereocenters. The van der Waals surface area contributed by atoms with E-state index < -0.39 is 18.0 Å². The first-order valence-electron chi connectivity index (χ1n) is 8.45. The Kier molecular flexibility index (Phi) is 5.61. The number of amides is 1. The smallest absolute Gasteiger partial charge is 0.433 e. The lowest BCUT2D eigenvalue weighted by Crippen LogP contribution is -2.32. The van der Waals surface area contributed by atoms with Crippen molar-refractivity contribution in [2.45, 2.75) is 25.1 Å². The molecule has 11 heteroatoms. The third-order valence-electron chi connectivity index (χ3n) is 4.37. The van der Waals surface area contributed by atoms with Gasteiger partial charge >= 0.3 is 12.1 Å². The fraction of sp³-hybridized carbons (Fsp3) is 0.353. The van der Waals surface area contributed by atoms with Gasteiger partial charge in [-0.15, -0.1) is 12.4 Å². The Morgan fingerprint density at radius 2 is 2.14 bits per heavy atom. The van der Waals surface area contributed by atoms with Crippen LogP contribution in [0.1, 0.15) is 35.3 Å². The van der Waals surface area contributed by atoms with Crippen molar-refractivity contribution in [3.05, 3.63) is 42.0 Å². The number of carbonyl (C=O) groups excluding carboxylic acids is 1. The van der Waals surface area contributed by atoms with E-state index in [1.54, 1.807) is 16.9 Å². The number of benzene rings is 1. The average molecular weight is 416 g/mol. The number of halogens is 4. The highest BCUT2D eigenvalue weighted by atomic mass is 35.5. The maximum absolute atomic E-state index is 12.7. The van der Waals surface area contributed by atoms with Crippen LogP contribution in [-0.4, -0.2) is 33.8 Å². The van der Waals surface area contributed by atoms with Gasteiger partial charge in [-0.1, -0.05) is 0 Å². The van der Waals surface area contributed by atoms with Crippen LogP contribution >= 0.6 is 12.4 Å². The molecule has 1 aliphatic heterocycles. The maximum atomic E-state index is 12.7. The van der Waals surface area contributed by atoms with Crippen molar-refractivity contribution < 1.29 is 22.4 Å². The molecule has 0 bridgehead atoms. The maximum Gasteiger partial charge on any atom is 0.468 e. The average Bonchev–Trinajstić information content (AvgIpc) is 3.29. The number of nitrogens with zero attached hydrogens (tertiary/aromatic N) is 3. The molecule has 0 aliphatic carbocycles. The van der Waals surface area contributed by atoms with Gasteiger partial charge in [-0.2, -0.15) is 18.3 Å². The molecule has 1 fully saturated rings. The van der Waals surface area contributed by atoms with Crippen LogP contribution in [0.4, 0.5) is 18.9 Å². The topological polar surface area (TPSA) is 85.0 Å². The van der Waals surface area contributed by atoms with E-state index in [0.717, 1.165) is 25.9 Å². The molecule has 0 radical (unpaired) electrons. The molecule has 2 aromatic heterocycles. The number of alkyl halides is 3. The van der Waals surface area contributed by atoms with E-state index in [4.69, 9.17) is 0 Å². The van der Waals surface area contributed by atoms with E-state index in [-0.39, 0.29) is 35.2 Å². The Morgan fingerprint density at radius 3 is 2.86 bits per heavy atom. The molecule has 1 amide bonds. The predicted octanol–water partition coefficient (Wildman–Crippen LogP) is 3.64. The molecule has 2 N–H and O–H groups in total. The highest BCUT2D eigenvalue weighted by molar-refractivity contribution is 6.03. The number of piperidine rings is 1. The normalized spacial score (nSPS) is 17.3. The summed E-state index contributed by atoms with van der Waals surface area (Å²) in [4.78, 5) is 15.8. The Bertz CT molecular complexity index is 979. The van der Waals surface area contributed by atoms with Gasteiger partial charge in [-0.05, 0) is 43.7 Å². The van der Waals surface area contributed by atoms with E-state index in [1.807, 2.05) is 0 Å². The van der Waals surface area contributed by atoms with Crippen LogP contribution in [0.3, 0.4) is 0 Å². The van der Waals surface area contributed by atoms with Crippen molar-refractivity contribution in [3.63, 3.8) is 0 Å². The third-order valence-corrected chi connectivity index (χ3v) is 4.37. The number of aromatic nitrogens is 3. The van der Waals surface area contributed by atoms with E-state index in [1.165, 1.54) is 18.2 Å². The number of nitrogens with one attached hydrogen (secondary N) is 2. The summed E-state index contributed by atoms with van der Waals surface area (Å²) < 4.78 is 44.5. The summed E-state index contributed by atoms with van der Waals surface area (Å²) in [5.41, 5.74) is 0.550. The lowest BCUT2D eigenvalue weighted by Gasteiger charge is -2.22. The van der Waals surface area contributed by atoms with Crippen LogP contribution in [0.15, 0.2) is 34.9 Å². The molecule has 1 aliphatic rings. The van der Waals surface area contributed by atoms with Crippen molar-refractivity contribution >= 4 is 35.1 Å². The fourth-order valence-electron chi connectivity index (χ4n) is 3.04. The number of anilines is 1. The largest absolute Gasteiger partial charge is 0.468 e. The summed E-state index contributed by atoms with van der Waals surface area (Å²) in [7, 11) is 0. The second-order valence-electron chi connectivity index (χ2n) is 6.33. The highest BCUT2D eigenvalue weighted by Crippen LogP contribution is 2.31. The zero-order chi connectivity index (χ0) is 19.0. The van der Waals surface area contributed by atoms with Gasteiger partial charge in [0.05, 0.1) is 6.04 Å². The lowest BCUT2D eigenvalue weighted by molar-refractivity contribution is -0.156.